The number of halogens is 3. The number of carbonyl (C=O) groups is 5. The Hall–Kier alpha value is -7.15. The van der Waals surface area contributed by atoms with Gasteiger partial charge in [0.1, 0.15) is 60.4 Å². The summed E-state index contributed by atoms with van der Waals surface area (Å²) in [7, 11) is -18.0. The zero-order chi connectivity index (χ0) is 86.8. The Balaban J connectivity index is 0.000000282. The predicted molar refractivity (Wildman–Crippen MR) is 449 cm³/mol. The first-order chi connectivity index (χ1) is 54.1. The standard InChI is InChI=1S/C18H19S.C17H27O2S.C13H10F3S.C11H15S.4C6H10O5S/c1-18(2,3)15-8-10-16(11-9-15)19-13-12-14-6-4-5-7-17(14)19;1-17(19-16(18)11-20-4-2-3-5-20)14-7-12-6-13(9-14)10-15(17)8-12;14-13(15,16)17(11-7-3-1-4-8-11)12-9-5-2-6-10-12;1-3-7-11(8-4-1)12-9-5-2-6-10-12;4*1-5(2)6(7)11-3-4-12(8,9)10/h4-13H,1-3H3;12-15H,2-11H2,1H3;1-10H;1,3-4,7-8H,2,5-6,9-10H2;4*1,3-4H2,2H3,(H,8,9,10)/q4*+1;;;;/p-4. The van der Waals surface area contributed by atoms with Crippen LogP contribution in [-0.2, 0) is 126 Å². The molecule has 1 atom stereocenters. The fraction of sp³-hybridized carbons (Fsp3) is 0.458. The predicted octanol–water partition coefficient (Wildman–Crippen LogP) is 14.7. The molecule has 116 heavy (non-hydrogen) atoms. The molecule has 6 aromatic rings. The number of carbonyl (C=O) groups excluding carboxylic acids is 5. The number of ether oxygens (including phenoxy) is 5. The van der Waals surface area contributed by atoms with Crippen LogP contribution in [0.5, 0.6) is 0 Å². The van der Waals surface area contributed by atoms with Gasteiger partial charge >= 0.3 is 35.4 Å². The van der Waals surface area contributed by atoms with Gasteiger partial charge in [-0.3, -0.25) is 0 Å². The SMILES string of the molecule is C=C(C)C(=O)OCCS(=O)(=O)[O-].C=C(C)C(=O)OCCS(=O)(=O)[O-].C=C(C)C(=O)OCCS(=O)(=O)[O-].C=C(C)C(=O)OCCS(=O)(=O)[O-].CC(C)(C)c1ccc(-[s+]2ccc3ccccc32)cc1.CC1(OC(=O)C[S+]2CCCC2)C2CC3CC(C2)CC1C3.FC(F)(F)[S+](c1ccccc1)c1ccccc1.c1ccc([S+]2CCCCC2)cc1. The van der Waals surface area contributed by atoms with E-state index < -0.39 is 130 Å². The fourth-order valence-corrected chi connectivity index (χ4v) is 21.7. The Morgan fingerprint density at radius 1 is 0.466 bits per heavy atom. The number of hydrogen-bond acceptors (Lipinski definition) is 22. The summed E-state index contributed by atoms with van der Waals surface area (Å²) < 4.78 is 185. The van der Waals surface area contributed by atoms with Gasteiger partial charge in [-0.25, -0.2) is 57.6 Å². The minimum atomic E-state index is -4.30. The van der Waals surface area contributed by atoms with E-state index in [1.807, 2.05) is 0 Å². The molecule has 6 fully saturated rings. The molecule has 6 aliphatic rings. The van der Waals surface area contributed by atoms with Crippen molar-refractivity contribution >= 4 is 124 Å². The van der Waals surface area contributed by atoms with Crippen LogP contribution >= 0.6 is 10.5 Å². The van der Waals surface area contributed by atoms with Gasteiger partial charge in [0.05, 0.1) is 63.5 Å². The second-order valence-corrected chi connectivity index (χ2v) is 43.7. The molecule has 0 N–H and O–H groups in total. The summed E-state index contributed by atoms with van der Waals surface area (Å²) in [4.78, 5) is 58.4. The average molecular weight is 1770 g/mol. The first kappa shape index (κ1) is 101. The second kappa shape index (κ2) is 48.2. The molecule has 4 bridgehead atoms. The molecule has 5 aromatic carbocycles. The highest BCUT2D eigenvalue weighted by molar-refractivity contribution is 7.98. The minimum Gasteiger partial charge on any atom is -0.748 e. The summed E-state index contributed by atoms with van der Waals surface area (Å²) >= 11 is 0. The molecule has 2 saturated heterocycles. The van der Waals surface area contributed by atoms with Gasteiger partial charge in [-0.2, -0.15) is 0 Å². The van der Waals surface area contributed by atoms with E-state index in [0.29, 0.717) is 49.2 Å². The molecule has 1 aromatic heterocycles. The highest BCUT2D eigenvalue weighted by Crippen LogP contribution is 2.59. The number of benzene rings is 5. The van der Waals surface area contributed by atoms with Crippen molar-refractivity contribution in [2.45, 2.75) is 151 Å². The Labute approximate surface area is 693 Å². The summed E-state index contributed by atoms with van der Waals surface area (Å²) in [5.74, 6) is 3.85. The number of hydrogen-bond donors (Lipinski definition) is 0. The summed E-state index contributed by atoms with van der Waals surface area (Å²) in [5.41, 5.74) is -2.08. The van der Waals surface area contributed by atoms with E-state index >= 15 is 0 Å². The van der Waals surface area contributed by atoms with Crippen LogP contribution in [-0.4, -0.2) is 171 Å². The topological polar surface area (TPSA) is 360 Å². The normalized spacial score (nSPS) is 18.4. The lowest BCUT2D eigenvalue weighted by Crippen LogP contribution is -2.58. The zero-order valence-electron chi connectivity index (χ0n) is 66.7. The fourth-order valence-electron chi connectivity index (χ4n) is 12.6. The Morgan fingerprint density at radius 2 is 0.810 bits per heavy atom. The highest BCUT2D eigenvalue weighted by atomic mass is 32.2. The molecule has 22 nitrogen and oxygen atoms in total. The van der Waals surface area contributed by atoms with Gasteiger partial charge in [0.25, 0.3) is 0 Å². The van der Waals surface area contributed by atoms with Crippen LogP contribution in [0, 0.1) is 23.7 Å². The Kier molecular flexibility index (Phi) is 42.0. The number of esters is 5. The van der Waals surface area contributed by atoms with E-state index in [1.54, 1.807) is 41.3 Å². The zero-order valence-corrected chi connectivity index (χ0v) is 73.2. The molecular formula is C83H107F3O22S8. The van der Waals surface area contributed by atoms with Crippen molar-refractivity contribution in [2.24, 2.45) is 23.7 Å². The van der Waals surface area contributed by atoms with Crippen LogP contribution in [0.3, 0.4) is 0 Å². The molecule has 1 unspecified atom stereocenters. The van der Waals surface area contributed by atoms with Crippen LogP contribution in [0.15, 0.2) is 214 Å². The molecule has 33 heteroatoms. The number of rotatable bonds is 23. The number of alkyl halides is 3. The summed E-state index contributed by atoms with van der Waals surface area (Å²) in [6.07, 6.45) is 13.7. The first-order valence-corrected chi connectivity index (χ1v) is 49.3. The third kappa shape index (κ3) is 39.2. The Morgan fingerprint density at radius 3 is 1.16 bits per heavy atom. The lowest BCUT2D eigenvalue weighted by molar-refractivity contribution is -0.200. The van der Waals surface area contributed by atoms with E-state index in [9.17, 15) is 89.0 Å². The van der Waals surface area contributed by atoms with Crippen LogP contribution in [0.25, 0.3) is 15.0 Å². The van der Waals surface area contributed by atoms with Crippen LogP contribution in [0.1, 0.15) is 125 Å². The van der Waals surface area contributed by atoms with Gasteiger partial charge in [-0.1, -0.05) is 126 Å². The van der Waals surface area contributed by atoms with Gasteiger partial charge in [0, 0.05) is 55.1 Å². The van der Waals surface area contributed by atoms with Gasteiger partial charge in [0.2, 0.25) is 5.75 Å². The summed E-state index contributed by atoms with van der Waals surface area (Å²) in [6, 6.07) is 47.1. The highest BCUT2D eigenvalue weighted by Gasteiger charge is 2.58. The monoisotopic (exact) mass is 1770 g/mol. The number of fused-ring (bicyclic) bond motifs is 1. The molecule has 0 radical (unpaired) electrons. The summed E-state index contributed by atoms with van der Waals surface area (Å²) in [5, 5.41) is 3.70. The van der Waals surface area contributed by atoms with Gasteiger partial charge in [-0.15, -0.1) is 13.2 Å². The number of thiophene rings is 1. The maximum absolute atomic E-state index is 13.1. The first-order valence-electron chi connectivity index (χ1n) is 37.2. The van der Waals surface area contributed by atoms with Gasteiger partial charge < -0.3 is 41.9 Å². The summed E-state index contributed by atoms with van der Waals surface area (Å²) in [6.45, 7) is 26.1. The minimum absolute atomic E-state index is 0.116. The van der Waals surface area contributed by atoms with Crippen molar-refractivity contribution in [2.75, 3.05) is 78.2 Å². The molecule has 640 valence electrons. The van der Waals surface area contributed by atoms with Crippen molar-refractivity contribution in [3.05, 3.63) is 205 Å². The Bertz CT molecular complexity index is 4350. The average Bonchev–Trinajstić information content (AvgIpc) is 0.948. The van der Waals surface area contributed by atoms with Gasteiger partial charge in [-0.05, 0) is 205 Å². The second-order valence-electron chi connectivity index (χ2n) is 29.2. The van der Waals surface area contributed by atoms with Crippen LogP contribution in [0.4, 0.5) is 13.2 Å². The third-order valence-electron chi connectivity index (χ3n) is 18.3. The molecule has 0 amide bonds. The molecule has 0 spiro atoms. The van der Waals surface area contributed by atoms with Crippen molar-refractivity contribution < 1.29 is 113 Å². The maximum Gasteiger partial charge on any atom is 0.586 e. The van der Waals surface area contributed by atoms with Gasteiger partial charge in [0.15, 0.2) is 35.2 Å². The van der Waals surface area contributed by atoms with Crippen molar-refractivity contribution in [3.63, 3.8) is 0 Å². The van der Waals surface area contributed by atoms with E-state index in [4.69, 9.17) is 4.74 Å². The quantitative estimate of drug-likeness (QED) is 0.0189. The van der Waals surface area contributed by atoms with E-state index in [1.165, 1.54) is 160 Å². The largest absolute Gasteiger partial charge is 0.748 e. The molecular weight excluding hydrogens is 1660 g/mol. The smallest absolute Gasteiger partial charge is 0.586 e. The molecule has 4 saturated carbocycles. The van der Waals surface area contributed by atoms with Crippen molar-refractivity contribution in [1.29, 1.82) is 0 Å². The van der Waals surface area contributed by atoms with Crippen LogP contribution < -0.4 is 0 Å². The lowest BCUT2D eigenvalue weighted by Gasteiger charge is -2.58. The lowest BCUT2D eigenvalue weighted by atomic mass is 9.50. The molecule has 3 heterocycles. The van der Waals surface area contributed by atoms with Crippen molar-refractivity contribution in [1.82, 2.24) is 0 Å². The molecule has 2 aliphatic heterocycles. The maximum atomic E-state index is 13.1. The van der Waals surface area contributed by atoms with Crippen molar-refractivity contribution in [3.8, 4) is 4.90 Å². The molecule has 4 aliphatic carbocycles. The van der Waals surface area contributed by atoms with E-state index in [0.717, 1.165) is 11.8 Å². The van der Waals surface area contributed by atoms with E-state index in [2.05, 4.69) is 163 Å². The van der Waals surface area contributed by atoms with E-state index in [-0.39, 0.29) is 49.7 Å². The third-order valence-corrected chi connectivity index (χ3v) is 29.8. The molecule has 12 rings (SSSR count). The van der Waals surface area contributed by atoms with Crippen LogP contribution in [0.2, 0.25) is 0 Å².